The molecular weight excluding hydrogens is 253 g/mol. The zero-order chi connectivity index (χ0) is 14.0. The van der Waals surface area contributed by atoms with Crippen LogP contribution in [0.1, 0.15) is 26.5 Å². The average Bonchev–Trinajstić information content (AvgIpc) is 2.78. The Morgan fingerprint density at radius 3 is 2.68 bits per heavy atom. The minimum absolute atomic E-state index is 0.165. The first-order chi connectivity index (χ1) is 8.97. The van der Waals surface area contributed by atoms with E-state index in [-0.39, 0.29) is 11.4 Å². The van der Waals surface area contributed by atoms with Crippen LogP contribution in [-0.2, 0) is 0 Å². The highest BCUT2D eigenvalue weighted by atomic mass is 19.1. The molecule has 0 bridgehead atoms. The summed E-state index contributed by atoms with van der Waals surface area (Å²) in [7, 11) is 0. The molecule has 1 amide bonds. The van der Waals surface area contributed by atoms with Crippen molar-refractivity contribution in [2.45, 2.75) is 6.92 Å². The van der Waals surface area contributed by atoms with E-state index < -0.39 is 23.3 Å². The maximum atomic E-state index is 13.2. The van der Waals surface area contributed by atoms with Gasteiger partial charge in [-0.05, 0) is 31.2 Å². The molecular formula is C12H10FN3O3. The maximum Gasteiger partial charge on any atom is 0.338 e. The van der Waals surface area contributed by atoms with E-state index in [9.17, 15) is 14.0 Å². The summed E-state index contributed by atoms with van der Waals surface area (Å²) >= 11 is 0. The number of aryl methyl sites for hydroxylation is 1. The highest BCUT2D eigenvalue weighted by Gasteiger charge is 2.14. The van der Waals surface area contributed by atoms with Gasteiger partial charge < -0.3 is 10.4 Å². The van der Waals surface area contributed by atoms with Gasteiger partial charge in [0.1, 0.15) is 5.82 Å². The lowest BCUT2D eigenvalue weighted by atomic mass is 10.2. The standard InChI is InChI=1S/C12H10FN3O3/c1-6-4-10(16-15-6)11(17)14-7-2-3-9(13)8(5-7)12(18)19/h2-5H,1H3,(H,14,17)(H,15,16)(H,18,19). The van der Waals surface area contributed by atoms with Crippen LogP contribution in [0.2, 0.25) is 0 Å². The van der Waals surface area contributed by atoms with Crippen molar-refractivity contribution in [2.24, 2.45) is 0 Å². The number of rotatable bonds is 3. The monoisotopic (exact) mass is 263 g/mol. The van der Waals surface area contributed by atoms with E-state index in [1.165, 1.54) is 12.1 Å². The molecule has 0 saturated carbocycles. The third-order valence-electron chi connectivity index (χ3n) is 2.39. The number of H-pyrrole nitrogens is 1. The van der Waals surface area contributed by atoms with Gasteiger partial charge in [0.25, 0.3) is 5.91 Å². The number of amides is 1. The Balaban J connectivity index is 2.22. The SMILES string of the molecule is Cc1cc(C(=O)Nc2ccc(F)c(C(=O)O)c2)n[nH]1. The number of carbonyl (C=O) groups excluding carboxylic acids is 1. The Labute approximate surface area is 107 Å². The molecule has 0 spiro atoms. The van der Waals surface area contributed by atoms with Crippen LogP contribution in [0, 0.1) is 12.7 Å². The summed E-state index contributed by atoms with van der Waals surface area (Å²) in [4.78, 5) is 22.5. The van der Waals surface area contributed by atoms with E-state index in [0.717, 1.165) is 17.8 Å². The smallest absolute Gasteiger partial charge is 0.338 e. The van der Waals surface area contributed by atoms with Gasteiger partial charge in [-0.3, -0.25) is 9.89 Å². The predicted molar refractivity (Wildman–Crippen MR) is 64.6 cm³/mol. The minimum Gasteiger partial charge on any atom is -0.478 e. The van der Waals surface area contributed by atoms with E-state index in [2.05, 4.69) is 15.5 Å². The van der Waals surface area contributed by atoms with Crippen molar-refractivity contribution in [2.75, 3.05) is 5.32 Å². The van der Waals surface area contributed by atoms with E-state index in [1.54, 1.807) is 6.92 Å². The van der Waals surface area contributed by atoms with Crippen LogP contribution in [0.25, 0.3) is 0 Å². The first kappa shape index (κ1) is 12.7. The highest BCUT2D eigenvalue weighted by molar-refractivity contribution is 6.03. The van der Waals surface area contributed by atoms with Gasteiger partial charge in [0.05, 0.1) is 5.56 Å². The molecule has 1 heterocycles. The largest absolute Gasteiger partial charge is 0.478 e. The highest BCUT2D eigenvalue weighted by Crippen LogP contribution is 2.15. The van der Waals surface area contributed by atoms with Gasteiger partial charge in [0, 0.05) is 11.4 Å². The average molecular weight is 263 g/mol. The van der Waals surface area contributed by atoms with Crippen LogP contribution < -0.4 is 5.32 Å². The molecule has 0 aliphatic rings. The summed E-state index contributed by atoms with van der Waals surface area (Å²) in [6.45, 7) is 1.74. The van der Waals surface area contributed by atoms with Gasteiger partial charge >= 0.3 is 5.97 Å². The topological polar surface area (TPSA) is 95.1 Å². The van der Waals surface area contributed by atoms with Crippen molar-refractivity contribution in [1.29, 1.82) is 0 Å². The second-order valence-corrected chi connectivity index (χ2v) is 3.89. The molecule has 0 atom stereocenters. The number of anilines is 1. The molecule has 2 aromatic rings. The number of halogens is 1. The third kappa shape index (κ3) is 2.76. The summed E-state index contributed by atoms with van der Waals surface area (Å²) in [5.41, 5.74) is 0.564. The summed E-state index contributed by atoms with van der Waals surface area (Å²) in [5.74, 6) is -2.77. The molecule has 2 rings (SSSR count). The number of carbonyl (C=O) groups is 2. The summed E-state index contributed by atoms with van der Waals surface area (Å²) < 4.78 is 13.2. The fourth-order valence-corrected chi connectivity index (χ4v) is 1.50. The summed E-state index contributed by atoms with van der Waals surface area (Å²) in [6, 6.07) is 4.85. The number of hydrogen-bond acceptors (Lipinski definition) is 3. The number of hydrogen-bond donors (Lipinski definition) is 3. The Morgan fingerprint density at radius 2 is 2.11 bits per heavy atom. The molecule has 19 heavy (non-hydrogen) atoms. The number of carboxylic acids is 1. The molecule has 0 aliphatic carbocycles. The lowest BCUT2D eigenvalue weighted by Gasteiger charge is -2.04. The van der Waals surface area contributed by atoms with Crippen LogP contribution in [0.3, 0.4) is 0 Å². The van der Waals surface area contributed by atoms with Crippen molar-refractivity contribution in [3.63, 3.8) is 0 Å². The number of aromatic nitrogens is 2. The van der Waals surface area contributed by atoms with Crippen molar-refractivity contribution in [3.8, 4) is 0 Å². The fourth-order valence-electron chi connectivity index (χ4n) is 1.50. The zero-order valence-electron chi connectivity index (χ0n) is 9.90. The fraction of sp³-hybridized carbons (Fsp3) is 0.0833. The first-order valence-electron chi connectivity index (χ1n) is 5.33. The Morgan fingerprint density at radius 1 is 1.37 bits per heavy atom. The zero-order valence-corrected chi connectivity index (χ0v) is 9.90. The number of nitrogens with one attached hydrogen (secondary N) is 2. The van der Waals surface area contributed by atoms with E-state index in [4.69, 9.17) is 5.11 Å². The number of aromatic carboxylic acids is 1. The molecule has 6 nitrogen and oxygen atoms in total. The van der Waals surface area contributed by atoms with Gasteiger partial charge in [-0.2, -0.15) is 5.10 Å². The normalized spacial score (nSPS) is 10.2. The predicted octanol–water partition coefficient (Wildman–Crippen LogP) is 1.81. The van der Waals surface area contributed by atoms with Crippen LogP contribution in [0.15, 0.2) is 24.3 Å². The molecule has 7 heteroatoms. The minimum atomic E-state index is -1.40. The number of aromatic amines is 1. The molecule has 0 radical (unpaired) electrons. The number of carboxylic acid groups (broad SMARTS) is 1. The Hall–Kier alpha value is -2.70. The summed E-state index contributed by atoms with van der Waals surface area (Å²) in [5, 5.41) is 17.6. The van der Waals surface area contributed by atoms with E-state index in [1.807, 2.05) is 0 Å². The van der Waals surface area contributed by atoms with E-state index in [0.29, 0.717) is 0 Å². The molecule has 0 fully saturated rings. The van der Waals surface area contributed by atoms with Gasteiger partial charge in [-0.25, -0.2) is 9.18 Å². The van der Waals surface area contributed by atoms with Gasteiger partial charge in [-0.15, -0.1) is 0 Å². The Bertz CT molecular complexity index is 651. The molecule has 98 valence electrons. The van der Waals surface area contributed by atoms with Crippen molar-refractivity contribution < 1.29 is 19.1 Å². The maximum absolute atomic E-state index is 13.2. The van der Waals surface area contributed by atoms with Crippen LogP contribution in [0.5, 0.6) is 0 Å². The molecule has 1 aromatic carbocycles. The first-order valence-corrected chi connectivity index (χ1v) is 5.33. The second kappa shape index (κ2) is 4.89. The van der Waals surface area contributed by atoms with Gasteiger partial charge in [0.15, 0.2) is 5.69 Å². The van der Waals surface area contributed by atoms with Gasteiger partial charge in [0.2, 0.25) is 0 Å². The third-order valence-corrected chi connectivity index (χ3v) is 2.39. The molecule has 0 unspecified atom stereocenters. The van der Waals surface area contributed by atoms with E-state index >= 15 is 0 Å². The Kier molecular flexibility index (Phi) is 3.28. The van der Waals surface area contributed by atoms with Crippen LogP contribution in [0.4, 0.5) is 10.1 Å². The second-order valence-electron chi connectivity index (χ2n) is 3.89. The number of nitrogens with zero attached hydrogens (tertiary/aromatic N) is 1. The van der Waals surface area contributed by atoms with Crippen molar-refractivity contribution in [1.82, 2.24) is 10.2 Å². The van der Waals surface area contributed by atoms with Crippen molar-refractivity contribution in [3.05, 3.63) is 47.0 Å². The molecule has 3 N–H and O–H groups in total. The number of benzene rings is 1. The quantitative estimate of drug-likeness (QED) is 0.787. The molecule has 1 aromatic heterocycles. The van der Waals surface area contributed by atoms with Gasteiger partial charge in [-0.1, -0.05) is 0 Å². The summed E-state index contributed by atoms with van der Waals surface area (Å²) in [6.07, 6.45) is 0. The lowest BCUT2D eigenvalue weighted by Crippen LogP contribution is -2.13. The van der Waals surface area contributed by atoms with Crippen molar-refractivity contribution >= 4 is 17.6 Å². The molecule has 0 aliphatic heterocycles. The molecule has 0 saturated heterocycles. The lowest BCUT2D eigenvalue weighted by molar-refractivity contribution is 0.0691. The van der Waals surface area contributed by atoms with Crippen LogP contribution in [-0.4, -0.2) is 27.2 Å². The van der Waals surface area contributed by atoms with Crippen LogP contribution >= 0.6 is 0 Å².